The van der Waals surface area contributed by atoms with Crippen molar-refractivity contribution in [3.05, 3.63) is 35.9 Å². The molecule has 1 aromatic rings. The second-order valence-electron chi connectivity index (χ2n) is 4.88. The van der Waals surface area contributed by atoms with Gasteiger partial charge in [-0.05, 0) is 31.9 Å². The minimum atomic E-state index is -0.925. The van der Waals surface area contributed by atoms with E-state index in [0.29, 0.717) is 6.61 Å². The predicted octanol–water partition coefficient (Wildman–Crippen LogP) is 1.84. The van der Waals surface area contributed by atoms with Crippen molar-refractivity contribution in [2.75, 3.05) is 20.8 Å². The highest BCUT2D eigenvalue weighted by molar-refractivity contribution is 5.82. The van der Waals surface area contributed by atoms with Crippen LogP contribution in [0.5, 0.6) is 0 Å². The van der Waals surface area contributed by atoms with E-state index in [1.807, 2.05) is 30.3 Å². The van der Waals surface area contributed by atoms with Crippen LogP contribution in [0, 0.1) is 0 Å². The fourth-order valence-electron chi connectivity index (χ4n) is 2.26. The second-order valence-corrected chi connectivity index (χ2v) is 4.88. The standard InChI is InChI=1S/C15H21NO3/c1-16-15(14(17)18-2,11-19-13-9-6-10-13)12-7-4-3-5-8-12/h3-5,7-8,13,16H,6,9-11H2,1-2H3. The molecule has 1 aliphatic rings. The summed E-state index contributed by atoms with van der Waals surface area (Å²) in [5.41, 5.74) is -0.0605. The van der Waals surface area contributed by atoms with Gasteiger partial charge in [0.15, 0.2) is 5.54 Å². The summed E-state index contributed by atoms with van der Waals surface area (Å²) < 4.78 is 10.8. The van der Waals surface area contributed by atoms with E-state index in [1.165, 1.54) is 13.5 Å². The van der Waals surface area contributed by atoms with Crippen LogP contribution >= 0.6 is 0 Å². The zero-order valence-electron chi connectivity index (χ0n) is 11.5. The van der Waals surface area contributed by atoms with Gasteiger partial charge in [-0.15, -0.1) is 0 Å². The zero-order chi connectivity index (χ0) is 13.7. The fraction of sp³-hybridized carbons (Fsp3) is 0.533. The largest absolute Gasteiger partial charge is 0.467 e. The number of hydrogen-bond acceptors (Lipinski definition) is 4. The van der Waals surface area contributed by atoms with E-state index in [-0.39, 0.29) is 12.1 Å². The minimum absolute atomic E-state index is 0.279. The Labute approximate surface area is 114 Å². The van der Waals surface area contributed by atoms with Gasteiger partial charge >= 0.3 is 5.97 Å². The highest BCUT2D eigenvalue weighted by atomic mass is 16.5. The van der Waals surface area contributed by atoms with Crippen LogP contribution in [-0.4, -0.2) is 32.8 Å². The molecule has 0 spiro atoms. The molecule has 0 saturated heterocycles. The summed E-state index contributed by atoms with van der Waals surface area (Å²) in [5, 5.41) is 3.09. The fourth-order valence-corrected chi connectivity index (χ4v) is 2.26. The first kappa shape index (κ1) is 14.0. The quantitative estimate of drug-likeness (QED) is 0.796. The molecule has 0 amide bonds. The van der Waals surface area contributed by atoms with E-state index in [1.54, 1.807) is 7.05 Å². The summed E-state index contributed by atoms with van der Waals surface area (Å²) in [6.45, 7) is 0.296. The van der Waals surface area contributed by atoms with Crippen molar-refractivity contribution in [3.8, 4) is 0 Å². The molecule has 0 bridgehead atoms. The number of carbonyl (C=O) groups is 1. The van der Waals surface area contributed by atoms with Gasteiger partial charge in [0.25, 0.3) is 0 Å². The molecule has 1 aromatic carbocycles. The average Bonchev–Trinajstić information content (AvgIpc) is 2.42. The molecule has 4 heteroatoms. The number of methoxy groups -OCH3 is 1. The van der Waals surface area contributed by atoms with E-state index < -0.39 is 5.54 Å². The van der Waals surface area contributed by atoms with Gasteiger partial charge in [0, 0.05) is 0 Å². The molecular formula is C15H21NO3. The van der Waals surface area contributed by atoms with Crippen LogP contribution in [0.2, 0.25) is 0 Å². The summed E-state index contributed by atoms with van der Waals surface area (Å²) in [7, 11) is 3.16. The number of likely N-dealkylation sites (N-methyl/N-ethyl adjacent to an activating group) is 1. The molecule has 1 saturated carbocycles. The molecule has 1 fully saturated rings. The summed E-state index contributed by atoms with van der Waals surface area (Å²) in [5.74, 6) is -0.319. The molecule has 104 valence electrons. The number of hydrogen-bond donors (Lipinski definition) is 1. The Balaban J connectivity index is 2.22. The summed E-state index contributed by atoms with van der Waals surface area (Å²) >= 11 is 0. The van der Waals surface area contributed by atoms with Crippen molar-refractivity contribution in [2.24, 2.45) is 0 Å². The van der Waals surface area contributed by atoms with Gasteiger partial charge in [0.1, 0.15) is 0 Å². The zero-order valence-corrected chi connectivity index (χ0v) is 11.5. The Bertz CT molecular complexity index is 417. The molecule has 0 heterocycles. The smallest absolute Gasteiger partial charge is 0.333 e. The Morgan fingerprint density at radius 1 is 1.37 bits per heavy atom. The van der Waals surface area contributed by atoms with Gasteiger partial charge in [-0.3, -0.25) is 5.32 Å². The second kappa shape index (κ2) is 6.17. The molecule has 1 aliphatic carbocycles. The molecule has 0 aromatic heterocycles. The number of rotatable bonds is 6. The van der Waals surface area contributed by atoms with Crippen LogP contribution in [0.1, 0.15) is 24.8 Å². The van der Waals surface area contributed by atoms with Crippen molar-refractivity contribution >= 4 is 5.97 Å². The minimum Gasteiger partial charge on any atom is -0.467 e. The first-order valence-corrected chi connectivity index (χ1v) is 6.67. The van der Waals surface area contributed by atoms with E-state index in [0.717, 1.165) is 18.4 Å². The first-order valence-electron chi connectivity index (χ1n) is 6.67. The maximum atomic E-state index is 12.2. The van der Waals surface area contributed by atoms with Crippen LogP contribution < -0.4 is 5.32 Å². The van der Waals surface area contributed by atoms with Crippen molar-refractivity contribution in [1.82, 2.24) is 5.32 Å². The van der Waals surface area contributed by atoms with Crippen molar-refractivity contribution in [2.45, 2.75) is 30.9 Å². The van der Waals surface area contributed by atoms with Crippen LogP contribution in [0.15, 0.2) is 30.3 Å². The summed E-state index contributed by atoms with van der Waals surface area (Å²) in [4.78, 5) is 12.2. The Kier molecular flexibility index (Phi) is 4.56. The SMILES string of the molecule is CNC(COC1CCC1)(C(=O)OC)c1ccccc1. The first-order chi connectivity index (χ1) is 9.23. The average molecular weight is 263 g/mol. The Morgan fingerprint density at radius 3 is 2.53 bits per heavy atom. The van der Waals surface area contributed by atoms with Crippen molar-refractivity contribution in [3.63, 3.8) is 0 Å². The van der Waals surface area contributed by atoms with Crippen LogP contribution in [0.4, 0.5) is 0 Å². The van der Waals surface area contributed by atoms with Crippen molar-refractivity contribution in [1.29, 1.82) is 0 Å². The molecule has 1 N–H and O–H groups in total. The third-order valence-corrected chi connectivity index (χ3v) is 3.81. The lowest BCUT2D eigenvalue weighted by Gasteiger charge is -2.34. The third kappa shape index (κ3) is 2.80. The molecule has 1 atom stereocenters. The van der Waals surface area contributed by atoms with Gasteiger partial charge in [-0.25, -0.2) is 4.79 Å². The molecule has 2 rings (SSSR count). The monoisotopic (exact) mass is 263 g/mol. The summed E-state index contributed by atoms with van der Waals surface area (Å²) in [6, 6.07) is 9.57. The van der Waals surface area contributed by atoms with Gasteiger partial charge < -0.3 is 9.47 Å². The number of esters is 1. The van der Waals surface area contributed by atoms with Crippen LogP contribution in [0.25, 0.3) is 0 Å². The maximum Gasteiger partial charge on any atom is 0.333 e. The van der Waals surface area contributed by atoms with Crippen molar-refractivity contribution < 1.29 is 14.3 Å². The highest BCUT2D eigenvalue weighted by Gasteiger charge is 2.41. The van der Waals surface area contributed by atoms with E-state index in [9.17, 15) is 4.79 Å². The molecule has 0 aliphatic heterocycles. The molecule has 19 heavy (non-hydrogen) atoms. The Morgan fingerprint density at radius 2 is 2.05 bits per heavy atom. The van der Waals surface area contributed by atoms with Gasteiger partial charge in [0.05, 0.1) is 19.8 Å². The molecule has 0 radical (unpaired) electrons. The highest BCUT2D eigenvalue weighted by Crippen LogP contribution is 2.28. The van der Waals surface area contributed by atoms with Gasteiger partial charge in [-0.2, -0.15) is 0 Å². The number of ether oxygens (including phenoxy) is 2. The normalized spacial score (nSPS) is 18.4. The lowest BCUT2D eigenvalue weighted by Crippen LogP contribution is -2.52. The number of benzene rings is 1. The van der Waals surface area contributed by atoms with E-state index >= 15 is 0 Å². The Hall–Kier alpha value is -1.39. The lowest BCUT2D eigenvalue weighted by molar-refractivity contribution is -0.154. The molecule has 4 nitrogen and oxygen atoms in total. The maximum absolute atomic E-state index is 12.2. The van der Waals surface area contributed by atoms with E-state index in [2.05, 4.69) is 5.32 Å². The number of carbonyl (C=O) groups excluding carboxylic acids is 1. The predicted molar refractivity (Wildman–Crippen MR) is 72.8 cm³/mol. The van der Waals surface area contributed by atoms with Crippen LogP contribution in [0.3, 0.4) is 0 Å². The lowest BCUT2D eigenvalue weighted by atomic mass is 9.90. The van der Waals surface area contributed by atoms with Crippen LogP contribution in [-0.2, 0) is 19.8 Å². The number of nitrogens with one attached hydrogen (secondary N) is 1. The molecule has 1 unspecified atom stereocenters. The van der Waals surface area contributed by atoms with Gasteiger partial charge in [0.2, 0.25) is 0 Å². The molecular weight excluding hydrogens is 242 g/mol. The topological polar surface area (TPSA) is 47.6 Å². The summed E-state index contributed by atoms with van der Waals surface area (Å²) in [6.07, 6.45) is 3.65. The van der Waals surface area contributed by atoms with E-state index in [4.69, 9.17) is 9.47 Å². The van der Waals surface area contributed by atoms with Gasteiger partial charge in [-0.1, -0.05) is 30.3 Å². The third-order valence-electron chi connectivity index (χ3n) is 3.81.